The fourth-order valence-electron chi connectivity index (χ4n) is 1.61. The maximum absolute atomic E-state index is 12.1. The molecule has 1 aromatic heterocycles. The van der Waals surface area contributed by atoms with Gasteiger partial charge in [-0.15, -0.1) is 11.3 Å². The summed E-state index contributed by atoms with van der Waals surface area (Å²) in [4.78, 5) is 14.6. The monoisotopic (exact) mass is 231 g/mol. The second-order valence-electron chi connectivity index (χ2n) is 3.63. The summed E-state index contributed by atoms with van der Waals surface area (Å²) in [6.45, 7) is 2.01. The molecular formula is C13H13NOS. The summed E-state index contributed by atoms with van der Waals surface area (Å²) >= 11 is 1.47. The lowest BCUT2D eigenvalue weighted by atomic mass is 10.2. The molecule has 0 bridgehead atoms. The number of carbonyl (C=O) groups is 1. The number of para-hydroxylation sites is 1. The Labute approximate surface area is 99.1 Å². The third-order valence-electron chi connectivity index (χ3n) is 2.51. The largest absolute Gasteiger partial charge is 0.310 e. The molecule has 0 saturated carbocycles. The van der Waals surface area contributed by atoms with Gasteiger partial charge in [0.25, 0.3) is 5.91 Å². The molecule has 82 valence electrons. The van der Waals surface area contributed by atoms with E-state index in [1.54, 1.807) is 4.90 Å². The van der Waals surface area contributed by atoms with E-state index in [0.29, 0.717) is 0 Å². The number of hydrogen-bond donors (Lipinski definition) is 0. The van der Waals surface area contributed by atoms with Crippen LogP contribution in [0.4, 0.5) is 5.69 Å². The average molecular weight is 231 g/mol. The second-order valence-corrected chi connectivity index (χ2v) is 4.58. The summed E-state index contributed by atoms with van der Waals surface area (Å²) in [6.07, 6.45) is 0. The highest BCUT2D eigenvalue weighted by Crippen LogP contribution is 2.21. The van der Waals surface area contributed by atoms with Crippen molar-refractivity contribution in [1.82, 2.24) is 0 Å². The molecule has 0 aliphatic heterocycles. The molecule has 1 heterocycles. The van der Waals surface area contributed by atoms with Crippen molar-refractivity contribution in [2.45, 2.75) is 6.92 Å². The lowest BCUT2D eigenvalue weighted by Gasteiger charge is -2.18. The van der Waals surface area contributed by atoms with E-state index in [9.17, 15) is 4.79 Å². The number of thiophene rings is 1. The molecule has 0 fully saturated rings. The fraction of sp³-hybridized carbons (Fsp3) is 0.154. The van der Waals surface area contributed by atoms with E-state index in [1.165, 1.54) is 11.3 Å². The maximum atomic E-state index is 12.1. The van der Waals surface area contributed by atoms with Gasteiger partial charge in [0.05, 0.1) is 4.88 Å². The molecule has 2 aromatic rings. The first-order valence-corrected chi connectivity index (χ1v) is 5.95. The number of rotatable bonds is 2. The predicted molar refractivity (Wildman–Crippen MR) is 68.2 cm³/mol. The summed E-state index contributed by atoms with van der Waals surface area (Å²) in [5.74, 6) is 0.0456. The summed E-state index contributed by atoms with van der Waals surface area (Å²) in [5, 5.41) is 1.92. The van der Waals surface area contributed by atoms with Crippen LogP contribution in [0.15, 0.2) is 41.8 Å². The summed E-state index contributed by atoms with van der Waals surface area (Å²) in [5.41, 5.74) is 2.07. The van der Waals surface area contributed by atoms with Gasteiger partial charge in [-0.25, -0.2) is 0 Å². The highest BCUT2D eigenvalue weighted by atomic mass is 32.1. The third kappa shape index (κ3) is 1.99. The minimum Gasteiger partial charge on any atom is -0.310 e. The standard InChI is InChI=1S/C13H13NOS/c1-10-6-3-4-7-11(10)14(2)13(15)12-8-5-9-16-12/h3-9H,1-2H3. The van der Waals surface area contributed by atoms with E-state index in [2.05, 4.69) is 0 Å². The summed E-state index contributed by atoms with van der Waals surface area (Å²) in [7, 11) is 1.81. The Morgan fingerprint density at radius 1 is 1.19 bits per heavy atom. The van der Waals surface area contributed by atoms with E-state index in [1.807, 2.05) is 55.7 Å². The third-order valence-corrected chi connectivity index (χ3v) is 3.37. The lowest BCUT2D eigenvalue weighted by molar-refractivity contribution is 0.0996. The molecule has 0 aliphatic rings. The number of carbonyl (C=O) groups excluding carboxylic acids is 1. The molecule has 0 radical (unpaired) electrons. The van der Waals surface area contributed by atoms with Gasteiger partial charge in [0, 0.05) is 12.7 Å². The molecule has 1 aromatic carbocycles. The fourth-order valence-corrected chi connectivity index (χ4v) is 2.31. The van der Waals surface area contributed by atoms with Crippen molar-refractivity contribution in [1.29, 1.82) is 0 Å². The van der Waals surface area contributed by atoms with E-state index < -0.39 is 0 Å². The average Bonchev–Trinajstić information content (AvgIpc) is 2.81. The van der Waals surface area contributed by atoms with Crippen LogP contribution in [0, 0.1) is 6.92 Å². The molecule has 2 rings (SSSR count). The summed E-state index contributed by atoms with van der Waals surface area (Å²) < 4.78 is 0. The van der Waals surface area contributed by atoms with Crippen LogP contribution in [0.3, 0.4) is 0 Å². The van der Waals surface area contributed by atoms with Gasteiger partial charge in [-0.2, -0.15) is 0 Å². The van der Waals surface area contributed by atoms with Crippen molar-refractivity contribution >= 4 is 22.9 Å². The quantitative estimate of drug-likeness (QED) is 0.776. The Balaban J connectivity index is 2.30. The van der Waals surface area contributed by atoms with Crippen LogP contribution in [0.2, 0.25) is 0 Å². The lowest BCUT2D eigenvalue weighted by Crippen LogP contribution is -2.25. The SMILES string of the molecule is Cc1ccccc1N(C)C(=O)c1cccs1. The normalized spacial score (nSPS) is 10.1. The van der Waals surface area contributed by atoms with Gasteiger partial charge in [-0.1, -0.05) is 24.3 Å². The van der Waals surface area contributed by atoms with Crippen LogP contribution in [0.5, 0.6) is 0 Å². The Bertz CT molecular complexity index is 490. The molecule has 0 unspecified atom stereocenters. The van der Waals surface area contributed by atoms with Crippen LogP contribution >= 0.6 is 11.3 Å². The zero-order chi connectivity index (χ0) is 11.5. The number of amides is 1. The van der Waals surface area contributed by atoms with Gasteiger partial charge in [0.1, 0.15) is 0 Å². The minimum absolute atomic E-state index is 0.0456. The molecular weight excluding hydrogens is 218 g/mol. The Hall–Kier alpha value is -1.61. The molecule has 0 N–H and O–H groups in total. The molecule has 16 heavy (non-hydrogen) atoms. The van der Waals surface area contributed by atoms with Gasteiger partial charge < -0.3 is 4.90 Å². The van der Waals surface area contributed by atoms with Crippen LogP contribution < -0.4 is 4.90 Å². The van der Waals surface area contributed by atoms with Crippen LogP contribution in [-0.4, -0.2) is 13.0 Å². The zero-order valence-corrected chi connectivity index (χ0v) is 10.1. The highest BCUT2D eigenvalue weighted by molar-refractivity contribution is 7.12. The smallest absolute Gasteiger partial charge is 0.268 e. The van der Waals surface area contributed by atoms with Crippen LogP contribution in [0.25, 0.3) is 0 Å². The van der Waals surface area contributed by atoms with E-state index in [-0.39, 0.29) is 5.91 Å². The van der Waals surface area contributed by atoms with E-state index >= 15 is 0 Å². The Morgan fingerprint density at radius 3 is 2.56 bits per heavy atom. The Kier molecular flexibility index (Phi) is 3.06. The topological polar surface area (TPSA) is 20.3 Å². The molecule has 3 heteroatoms. The number of benzene rings is 1. The molecule has 0 atom stereocenters. The van der Waals surface area contributed by atoms with Gasteiger partial charge in [-0.05, 0) is 30.0 Å². The molecule has 0 saturated heterocycles. The van der Waals surface area contributed by atoms with E-state index in [0.717, 1.165) is 16.1 Å². The number of hydrogen-bond acceptors (Lipinski definition) is 2. The van der Waals surface area contributed by atoms with Crippen molar-refractivity contribution in [2.24, 2.45) is 0 Å². The second kappa shape index (κ2) is 4.49. The first-order valence-electron chi connectivity index (χ1n) is 5.07. The van der Waals surface area contributed by atoms with Crippen LogP contribution in [-0.2, 0) is 0 Å². The van der Waals surface area contributed by atoms with Gasteiger partial charge in [0.15, 0.2) is 0 Å². The molecule has 0 aliphatic carbocycles. The Morgan fingerprint density at radius 2 is 1.94 bits per heavy atom. The summed E-state index contributed by atoms with van der Waals surface area (Å²) in [6, 6.07) is 11.6. The number of anilines is 1. The van der Waals surface area contributed by atoms with Gasteiger partial charge in [0.2, 0.25) is 0 Å². The first kappa shape index (κ1) is 10.9. The van der Waals surface area contributed by atoms with Crippen molar-refractivity contribution in [3.63, 3.8) is 0 Å². The van der Waals surface area contributed by atoms with Crippen molar-refractivity contribution < 1.29 is 4.79 Å². The van der Waals surface area contributed by atoms with Gasteiger partial charge >= 0.3 is 0 Å². The van der Waals surface area contributed by atoms with Crippen LogP contribution in [0.1, 0.15) is 15.2 Å². The minimum atomic E-state index is 0.0456. The zero-order valence-electron chi connectivity index (χ0n) is 9.31. The van der Waals surface area contributed by atoms with E-state index in [4.69, 9.17) is 0 Å². The van der Waals surface area contributed by atoms with Crippen molar-refractivity contribution in [2.75, 3.05) is 11.9 Å². The first-order chi connectivity index (χ1) is 7.70. The maximum Gasteiger partial charge on any atom is 0.268 e. The van der Waals surface area contributed by atoms with Crippen molar-refractivity contribution in [3.8, 4) is 0 Å². The molecule has 0 spiro atoms. The molecule has 2 nitrogen and oxygen atoms in total. The number of nitrogens with zero attached hydrogens (tertiary/aromatic N) is 1. The van der Waals surface area contributed by atoms with Gasteiger partial charge in [-0.3, -0.25) is 4.79 Å². The van der Waals surface area contributed by atoms with Crippen molar-refractivity contribution in [3.05, 3.63) is 52.2 Å². The molecule has 1 amide bonds. The predicted octanol–water partition coefficient (Wildman–Crippen LogP) is 3.33. The highest BCUT2D eigenvalue weighted by Gasteiger charge is 2.15. The number of aryl methyl sites for hydroxylation is 1.